The van der Waals surface area contributed by atoms with Crippen molar-refractivity contribution in [2.24, 2.45) is 0 Å². The van der Waals surface area contributed by atoms with E-state index in [-0.39, 0.29) is 6.04 Å². The monoisotopic (exact) mass is 555 g/mol. The van der Waals surface area contributed by atoms with E-state index in [4.69, 9.17) is 4.74 Å². The minimum atomic E-state index is -4.44. The van der Waals surface area contributed by atoms with Gasteiger partial charge in [0.1, 0.15) is 17.9 Å². The Kier molecular flexibility index (Phi) is 8.16. The number of aliphatic hydroxyl groups is 1. The summed E-state index contributed by atoms with van der Waals surface area (Å²) >= 11 is 0. The molecule has 1 aliphatic heterocycles. The summed E-state index contributed by atoms with van der Waals surface area (Å²) in [6, 6.07) is 11.2. The molecule has 2 aliphatic rings. The summed E-state index contributed by atoms with van der Waals surface area (Å²) in [7, 11) is 2.10. The minimum absolute atomic E-state index is 0.289. The molecule has 6 nitrogen and oxygen atoms in total. The number of likely N-dealkylation sites (N-methyl/N-ethyl adjacent to an activating group) is 1. The number of nitrogens with zero attached hydrogens (tertiary/aromatic N) is 1. The molecule has 2 aromatic rings. The average molecular weight is 556 g/mol. The number of quaternary nitrogens is 1. The zero-order chi connectivity index (χ0) is 29.2. The van der Waals surface area contributed by atoms with Gasteiger partial charge in [-0.15, -0.1) is 0 Å². The molecule has 1 saturated heterocycles. The molecule has 4 atom stereocenters. The lowest BCUT2D eigenvalue weighted by molar-refractivity contribution is -0.918. The quantitative estimate of drug-likeness (QED) is 0.189. The van der Waals surface area contributed by atoms with Crippen LogP contribution >= 0.6 is 0 Å². The molecule has 1 amide bonds. The van der Waals surface area contributed by atoms with Crippen LogP contribution in [-0.2, 0) is 21.2 Å². The summed E-state index contributed by atoms with van der Waals surface area (Å²) in [6.07, 6.45) is -0.521. The molecular formula is C31H34F3N2O4+. The number of hydrogen-bond donors (Lipinski definition) is 2. The Morgan fingerprint density at radius 2 is 1.95 bits per heavy atom. The first-order valence-electron chi connectivity index (χ1n) is 13.2. The minimum Gasteiger partial charge on any atom is -0.427 e. The number of likely N-dealkylation sites (tertiary alicyclic amines) is 1. The first kappa shape index (κ1) is 29.4. The van der Waals surface area contributed by atoms with Gasteiger partial charge in [-0.3, -0.25) is 9.59 Å². The number of rotatable bonds is 5. The van der Waals surface area contributed by atoms with E-state index in [1.165, 1.54) is 19.1 Å². The fourth-order valence-corrected chi connectivity index (χ4v) is 6.34. The van der Waals surface area contributed by atoms with Crippen LogP contribution in [0.2, 0.25) is 0 Å². The highest BCUT2D eigenvalue weighted by Crippen LogP contribution is 2.53. The van der Waals surface area contributed by atoms with Gasteiger partial charge in [-0.2, -0.15) is 13.2 Å². The number of fused-ring (bicyclic) bond motifs is 1. The van der Waals surface area contributed by atoms with Gasteiger partial charge >= 0.3 is 12.1 Å². The van der Waals surface area contributed by atoms with E-state index in [1.54, 1.807) is 18.2 Å². The van der Waals surface area contributed by atoms with Crippen LogP contribution in [0.25, 0.3) is 0 Å². The number of halogens is 3. The van der Waals surface area contributed by atoms with Gasteiger partial charge < -0.3 is 19.6 Å². The van der Waals surface area contributed by atoms with Gasteiger partial charge in [0.2, 0.25) is 0 Å². The van der Waals surface area contributed by atoms with Crippen molar-refractivity contribution in [3.05, 3.63) is 77.9 Å². The summed E-state index contributed by atoms with van der Waals surface area (Å²) in [5.41, 5.74) is -1.43. The number of hydrogen-bond acceptors (Lipinski definition) is 4. The number of piperidine rings is 1. The fourth-order valence-electron chi connectivity index (χ4n) is 6.34. The summed E-state index contributed by atoms with van der Waals surface area (Å²) in [5.74, 6) is 4.52. The highest BCUT2D eigenvalue weighted by atomic mass is 19.4. The van der Waals surface area contributed by atoms with E-state index >= 15 is 0 Å². The SMILES string of the molecule is C=CC[N@@+]1(C)CC[C@@]2(c3cccc(OC(C)=O)c3)C[C@@H](NC(=O)C#Cc3ccc(C(F)(F)F)cc3)CCC2(O)C1. The Hall–Kier alpha value is -3.61. The zero-order valence-electron chi connectivity index (χ0n) is 22.7. The second-order valence-corrected chi connectivity index (χ2v) is 11.2. The first-order valence-corrected chi connectivity index (χ1v) is 13.2. The third-order valence-corrected chi connectivity index (χ3v) is 8.20. The molecule has 4 rings (SSSR count). The number of alkyl halides is 3. The predicted molar refractivity (Wildman–Crippen MR) is 144 cm³/mol. The number of nitrogens with one attached hydrogen (secondary N) is 1. The maximum Gasteiger partial charge on any atom is 0.416 e. The van der Waals surface area contributed by atoms with Crippen molar-refractivity contribution in [2.45, 2.75) is 55.8 Å². The van der Waals surface area contributed by atoms with Gasteiger partial charge in [0.25, 0.3) is 5.91 Å². The van der Waals surface area contributed by atoms with Crippen molar-refractivity contribution in [2.75, 3.05) is 26.7 Å². The number of ether oxygens (including phenoxy) is 1. The second-order valence-electron chi connectivity index (χ2n) is 11.2. The molecule has 0 radical (unpaired) electrons. The van der Waals surface area contributed by atoms with E-state index in [2.05, 4.69) is 30.8 Å². The van der Waals surface area contributed by atoms with Crippen molar-refractivity contribution in [1.82, 2.24) is 5.32 Å². The average Bonchev–Trinajstić information content (AvgIpc) is 2.87. The smallest absolute Gasteiger partial charge is 0.416 e. The molecule has 40 heavy (non-hydrogen) atoms. The molecule has 0 spiro atoms. The number of carbonyl (C=O) groups is 2. The molecule has 1 unspecified atom stereocenters. The Labute approximate surface area is 232 Å². The highest BCUT2D eigenvalue weighted by molar-refractivity contribution is 5.94. The first-order chi connectivity index (χ1) is 18.8. The van der Waals surface area contributed by atoms with Crippen molar-refractivity contribution in [3.8, 4) is 17.6 Å². The van der Waals surface area contributed by atoms with Crippen LogP contribution in [-0.4, -0.2) is 59.8 Å². The van der Waals surface area contributed by atoms with E-state index in [0.717, 1.165) is 24.2 Å². The molecule has 0 bridgehead atoms. The third-order valence-electron chi connectivity index (χ3n) is 8.20. The fraction of sp³-hybridized carbons (Fsp3) is 0.419. The molecule has 1 saturated carbocycles. The summed E-state index contributed by atoms with van der Waals surface area (Å²) in [4.78, 5) is 24.4. The van der Waals surface area contributed by atoms with E-state index < -0.39 is 34.6 Å². The Morgan fingerprint density at radius 1 is 1.23 bits per heavy atom. The van der Waals surface area contributed by atoms with E-state index in [1.807, 2.05) is 12.1 Å². The standard InChI is InChI=1S/C31H33F3N2O4/c1-4-17-36(3)18-16-29(25-6-5-7-27(19-25)40-22(2)37)20-26(14-15-30(29,39)21-36)35-28(38)13-10-23-8-11-24(12-9-23)31(32,33)34/h4-9,11-12,19,26,39H,1,14-18,20-21H2,2-3H3/p+1/t26-,29-,30?,36-/m0/s1. The molecule has 212 valence electrons. The van der Waals surface area contributed by atoms with Gasteiger partial charge in [-0.05, 0) is 67.3 Å². The number of esters is 1. The summed E-state index contributed by atoms with van der Waals surface area (Å²) < 4.78 is 44.4. The van der Waals surface area contributed by atoms with Crippen LogP contribution in [0.4, 0.5) is 13.2 Å². The molecule has 2 aromatic carbocycles. The number of carbonyl (C=O) groups excluding carboxylic acids is 2. The van der Waals surface area contributed by atoms with Gasteiger partial charge in [0, 0.05) is 36.3 Å². The van der Waals surface area contributed by atoms with Gasteiger partial charge in [-0.25, -0.2) is 0 Å². The molecule has 1 heterocycles. The normalized spacial score (nSPS) is 27.9. The topological polar surface area (TPSA) is 75.6 Å². The van der Waals surface area contributed by atoms with Crippen molar-refractivity contribution in [1.29, 1.82) is 0 Å². The Bertz CT molecular complexity index is 1350. The highest BCUT2D eigenvalue weighted by Gasteiger charge is 2.61. The Balaban J connectivity index is 1.58. The Morgan fingerprint density at radius 3 is 2.60 bits per heavy atom. The van der Waals surface area contributed by atoms with Gasteiger partial charge in [0.15, 0.2) is 0 Å². The van der Waals surface area contributed by atoms with Crippen LogP contribution in [0.3, 0.4) is 0 Å². The lowest BCUT2D eigenvalue weighted by Gasteiger charge is -2.59. The van der Waals surface area contributed by atoms with E-state index in [9.17, 15) is 27.9 Å². The van der Waals surface area contributed by atoms with Crippen LogP contribution in [0.5, 0.6) is 5.75 Å². The second kappa shape index (κ2) is 11.1. The third kappa shape index (κ3) is 6.24. The van der Waals surface area contributed by atoms with Crippen LogP contribution in [0.15, 0.2) is 61.2 Å². The van der Waals surface area contributed by atoms with Crippen molar-refractivity contribution in [3.63, 3.8) is 0 Å². The van der Waals surface area contributed by atoms with Crippen molar-refractivity contribution < 1.29 is 37.1 Å². The molecule has 2 N–H and O–H groups in total. The molecule has 1 aliphatic carbocycles. The lowest BCUT2D eigenvalue weighted by Crippen LogP contribution is -2.71. The largest absolute Gasteiger partial charge is 0.427 e. The summed E-state index contributed by atoms with van der Waals surface area (Å²) in [5, 5.41) is 15.2. The zero-order valence-corrected chi connectivity index (χ0v) is 22.7. The van der Waals surface area contributed by atoms with Crippen LogP contribution in [0.1, 0.15) is 49.3 Å². The molecule has 2 fully saturated rings. The predicted octanol–water partition coefficient (Wildman–Crippen LogP) is 4.36. The molecular weight excluding hydrogens is 521 g/mol. The van der Waals surface area contributed by atoms with Gasteiger partial charge in [-0.1, -0.05) is 24.6 Å². The van der Waals surface area contributed by atoms with Gasteiger partial charge in [0.05, 0.1) is 25.7 Å². The maximum atomic E-state index is 12.8. The molecule has 9 heteroatoms. The molecule has 0 aromatic heterocycles. The number of amides is 1. The number of benzene rings is 2. The van der Waals surface area contributed by atoms with Crippen molar-refractivity contribution >= 4 is 11.9 Å². The van der Waals surface area contributed by atoms with Crippen LogP contribution in [0, 0.1) is 11.8 Å². The maximum absolute atomic E-state index is 12.8. The lowest BCUT2D eigenvalue weighted by atomic mass is 9.55. The summed E-state index contributed by atoms with van der Waals surface area (Å²) in [6.45, 7) is 7.21. The van der Waals surface area contributed by atoms with Crippen LogP contribution < -0.4 is 10.1 Å². The van der Waals surface area contributed by atoms with E-state index in [0.29, 0.717) is 54.6 Å².